The number of imide groups is 1. The van der Waals surface area contributed by atoms with Crippen LogP contribution in [0.25, 0.3) is 6.08 Å². The van der Waals surface area contributed by atoms with Crippen molar-refractivity contribution >= 4 is 29.0 Å². The van der Waals surface area contributed by atoms with Crippen LogP contribution in [-0.4, -0.2) is 35.8 Å². The summed E-state index contributed by atoms with van der Waals surface area (Å²) in [6, 6.07) is 26.8. The van der Waals surface area contributed by atoms with Crippen LogP contribution in [0.4, 0.5) is 4.79 Å². The van der Waals surface area contributed by atoms with Gasteiger partial charge in [-0.25, -0.2) is 0 Å². The van der Waals surface area contributed by atoms with Crippen molar-refractivity contribution in [2.45, 2.75) is 6.42 Å². The molecule has 162 valence electrons. The van der Waals surface area contributed by atoms with Crippen molar-refractivity contribution in [3.05, 3.63) is 101 Å². The molecule has 6 heteroatoms. The summed E-state index contributed by atoms with van der Waals surface area (Å²) in [7, 11) is 0. The summed E-state index contributed by atoms with van der Waals surface area (Å²) in [5.74, 6) is 1.29. The molecule has 1 fully saturated rings. The van der Waals surface area contributed by atoms with Crippen molar-refractivity contribution < 1.29 is 19.1 Å². The molecule has 4 rings (SSSR count). The van der Waals surface area contributed by atoms with Gasteiger partial charge in [0.25, 0.3) is 11.1 Å². The number of hydrogen-bond acceptors (Lipinski definition) is 5. The predicted octanol–water partition coefficient (Wildman–Crippen LogP) is 5.42. The molecule has 3 aromatic rings. The predicted molar refractivity (Wildman–Crippen MR) is 127 cm³/mol. The lowest BCUT2D eigenvalue weighted by atomic mass is 10.1. The third kappa shape index (κ3) is 5.80. The highest BCUT2D eigenvalue weighted by atomic mass is 32.2. The molecule has 0 radical (unpaired) electrons. The number of rotatable bonds is 9. The Morgan fingerprint density at radius 3 is 2.00 bits per heavy atom. The Balaban J connectivity index is 1.28. The highest BCUT2D eigenvalue weighted by molar-refractivity contribution is 8.18. The van der Waals surface area contributed by atoms with Crippen LogP contribution in [0.5, 0.6) is 11.5 Å². The second kappa shape index (κ2) is 10.7. The van der Waals surface area contributed by atoms with E-state index in [2.05, 4.69) is 0 Å². The molecule has 0 saturated carbocycles. The Kier molecular flexibility index (Phi) is 7.25. The van der Waals surface area contributed by atoms with E-state index in [4.69, 9.17) is 9.47 Å². The number of amides is 2. The Hall–Kier alpha value is -3.51. The maximum atomic E-state index is 12.7. The lowest BCUT2D eigenvalue weighted by Crippen LogP contribution is -2.30. The van der Waals surface area contributed by atoms with Gasteiger partial charge in [-0.2, -0.15) is 0 Å². The summed E-state index contributed by atoms with van der Waals surface area (Å²) in [5.41, 5.74) is 1.94. The Morgan fingerprint density at radius 2 is 1.34 bits per heavy atom. The van der Waals surface area contributed by atoms with E-state index in [1.54, 1.807) is 6.08 Å². The number of hydrogen-bond donors (Lipinski definition) is 0. The average Bonchev–Trinajstić information content (AvgIpc) is 3.10. The normalized spacial score (nSPS) is 14.8. The SMILES string of the molecule is O=C1S/C(=C/c2ccc(OCCOc3ccccc3)cc2)C(=O)N1CCc1ccccc1. The third-order valence-corrected chi connectivity index (χ3v) is 5.79. The summed E-state index contributed by atoms with van der Waals surface area (Å²) in [6.07, 6.45) is 2.39. The summed E-state index contributed by atoms with van der Waals surface area (Å²) < 4.78 is 11.3. The fourth-order valence-corrected chi connectivity index (χ4v) is 4.09. The molecule has 5 nitrogen and oxygen atoms in total. The second-order valence-electron chi connectivity index (χ2n) is 7.15. The first kappa shape index (κ1) is 21.7. The standard InChI is InChI=1S/C26H23NO4S/c28-25-24(32-26(29)27(25)16-15-20-7-3-1-4-8-20)19-21-11-13-23(14-12-21)31-18-17-30-22-9-5-2-6-10-22/h1-14,19H,15-18H2/b24-19+. The van der Waals surface area contributed by atoms with Crippen molar-refractivity contribution in [2.24, 2.45) is 0 Å². The van der Waals surface area contributed by atoms with Gasteiger partial charge in [0.1, 0.15) is 24.7 Å². The molecule has 0 aliphatic carbocycles. The molecule has 0 aromatic heterocycles. The topological polar surface area (TPSA) is 55.8 Å². The monoisotopic (exact) mass is 445 g/mol. The lowest BCUT2D eigenvalue weighted by molar-refractivity contribution is -0.122. The number of ether oxygens (including phenoxy) is 2. The van der Waals surface area contributed by atoms with Crippen LogP contribution in [0.2, 0.25) is 0 Å². The van der Waals surface area contributed by atoms with Gasteiger partial charge in [0.15, 0.2) is 0 Å². The first-order valence-electron chi connectivity index (χ1n) is 10.4. The molecule has 0 atom stereocenters. The molecule has 1 aliphatic rings. The van der Waals surface area contributed by atoms with Crippen molar-refractivity contribution in [3.8, 4) is 11.5 Å². The van der Waals surface area contributed by atoms with Crippen molar-refractivity contribution in [2.75, 3.05) is 19.8 Å². The summed E-state index contributed by atoms with van der Waals surface area (Å²) in [5, 5.41) is -0.226. The molecule has 1 heterocycles. The minimum Gasteiger partial charge on any atom is -0.490 e. The molecule has 3 aromatic carbocycles. The Bertz CT molecular complexity index is 1080. The van der Waals surface area contributed by atoms with E-state index in [1.807, 2.05) is 84.9 Å². The molecule has 0 N–H and O–H groups in total. The third-order valence-electron chi connectivity index (χ3n) is 4.88. The van der Waals surface area contributed by atoms with E-state index >= 15 is 0 Å². The fourth-order valence-electron chi connectivity index (χ4n) is 3.23. The quantitative estimate of drug-likeness (QED) is 0.325. The smallest absolute Gasteiger partial charge is 0.293 e. The number of nitrogens with zero attached hydrogens (tertiary/aromatic N) is 1. The van der Waals surface area contributed by atoms with E-state index in [9.17, 15) is 9.59 Å². The van der Waals surface area contributed by atoms with Crippen molar-refractivity contribution in [3.63, 3.8) is 0 Å². The highest BCUT2D eigenvalue weighted by Crippen LogP contribution is 2.32. The van der Waals surface area contributed by atoms with Gasteiger partial charge in [-0.05, 0) is 59.7 Å². The van der Waals surface area contributed by atoms with Crippen LogP contribution in [-0.2, 0) is 11.2 Å². The highest BCUT2D eigenvalue weighted by Gasteiger charge is 2.34. The Morgan fingerprint density at radius 1 is 0.750 bits per heavy atom. The van der Waals surface area contributed by atoms with Crippen LogP contribution in [0, 0.1) is 0 Å². The molecular weight excluding hydrogens is 422 g/mol. The number of carbonyl (C=O) groups is 2. The molecule has 1 saturated heterocycles. The van der Waals surface area contributed by atoms with Gasteiger partial charge in [-0.15, -0.1) is 0 Å². The summed E-state index contributed by atoms with van der Waals surface area (Å²) >= 11 is 0.981. The molecular formula is C26H23NO4S. The zero-order valence-electron chi connectivity index (χ0n) is 17.5. The number of thioether (sulfide) groups is 1. The van der Waals surface area contributed by atoms with E-state index in [-0.39, 0.29) is 11.1 Å². The van der Waals surface area contributed by atoms with Gasteiger partial charge >= 0.3 is 0 Å². The molecule has 0 bridgehead atoms. The van der Waals surface area contributed by atoms with Gasteiger partial charge in [-0.1, -0.05) is 60.7 Å². The van der Waals surface area contributed by atoms with Crippen LogP contribution < -0.4 is 9.47 Å². The lowest BCUT2D eigenvalue weighted by Gasteiger charge is -2.12. The van der Waals surface area contributed by atoms with E-state index < -0.39 is 0 Å². The molecule has 2 amide bonds. The zero-order chi connectivity index (χ0) is 22.2. The summed E-state index contributed by atoms with van der Waals surface area (Å²) in [6.45, 7) is 1.25. The maximum Gasteiger partial charge on any atom is 0.293 e. The molecule has 0 unspecified atom stereocenters. The Labute approximate surface area is 191 Å². The van der Waals surface area contributed by atoms with Crippen LogP contribution in [0.3, 0.4) is 0 Å². The minimum absolute atomic E-state index is 0.226. The molecule has 32 heavy (non-hydrogen) atoms. The van der Waals surface area contributed by atoms with Crippen LogP contribution >= 0.6 is 11.8 Å². The summed E-state index contributed by atoms with van der Waals surface area (Å²) in [4.78, 5) is 26.7. The first-order chi connectivity index (χ1) is 15.7. The number of para-hydroxylation sites is 1. The van der Waals surface area contributed by atoms with Crippen LogP contribution in [0.15, 0.2) is 89.8 Å². The maximum absolute atomic E-state index is 12.7. The number of benzene rings is 3. The van der Waals surface area contributed by atoms with E-state index in [1.165, 1.54) is 4.90 Å². The van der Waals surface area contributed by atoms with E-state index in [0.717, 1.165) is 34.4 Å². The van der Waals surface area contributed by atoms with Gasteiger partial charge in [0.05, 0.1) is 4.91 Å². The fraction of sp³-hybridized carbons (Fsp3) is 0.154. The van der Waals surface area contributed by atoms with Crippen molar-refractivity contribution in [1.82, 2.24) is 4.90 Å². The van der Waals surface area contributed by atoms with Gasteiger partial charge in [0, 0.05) is 6.54 Å². The second-order valence-corrected chi connectivity index (χ2v) is 8.14. The zero-order valence-corrected chi connectivity index (χ0v) is 18.3. The minimum atomic E-state index is -0.241. The van der Waals surface area contributed by atoms with Gasteiger partial charge in [-0.3, -0.25) is 14.5 Å². The van der Waals surface area contributed by atoms with Crippen molar-refractivity contribution in [1.29, 1.82) is 0 Å². The molecule has 0 spiro atoms. The van der Waals surface area contributed by atoms with E-state index in [0.29, 0.717) is 31.1 Å². The molecule has 1 aliphatic heterocycles. The van der Waals surface area contributed by atoms with Gasteiger partial charge in [0.2, 0.25) is 0 Å². The first-order valence-corrected chi connectivity index (χ1v) is 11.2. The van der Waals surface area contributed by atoms with Gasteiger partial charge < -0.3 is 9.47 Å². The van der Waals surface area contributed by atoms with Crippen LogP contribution in [0.1, 0.15) is 11.1 Å². The average molecular weight is 446 g/mol. The largest absolute Gasteiger partial charge is 0.490 e. The number of carbonyl (C=O) groups excluding carboxylic acids is 2.